The molecule has 0 bridgehead atoms. The molecule has 0 heterocycles. The Labute approximate surface area is 149 Å². The summed E-state index contributed by atoms with van der Waals surface area (Å²) in [5.41, 5.74) is -0.460. The largest absolute Gasteiger partial charge is 0.478 e. The van der Waals surface area contributed by atoms with Gasteiger partial charge < -0.3 is 5.11 Å². The van der Waals surface area contributed by atoms with Crippen molar-refractivity contribution in [2.45, 2.75) is 71.6 Å². The topological polar surface area (TPSA) is 102 Å². The van der Waals surface area contributed by atoms with E-state index in [-0.39, 0.29) is 23.4 Å². The van der Waals surface area contributed by atoms with Crippen molar-refractivity contribution in [3.8, 4) is 12.1 Å². The minimum absolute atomic E-state index is 0.0102. The summed E-state index contributed by atoms with van der Waals surface area (Å²) in [4.78, 5) is 23.3. The number of nitrogens with zero attached hydrogens (tertiary/aromatic N) is 2. The van der Waals surface area contributed by atoms with Gasteiger partial charge in [-0.1, -0.05) is 58.8 Å². The molecule has 1 N–H and O–H groups in total. The van der Waals surface area contributed by atoms with Gasteiger partial charge in [0.25, 0.3) is 0 Å². The quantitative estimate of drug-likeness (QED) is 0.378. The van der Waals surface area contributed by atoms with Gasteiger partial charge in [-0.05, 0) is 12.0 Å². The average Bonchev–Trinajstić information content (AvgIpc) is 2.79. The lowest BCUT2D eigenvalue weighted by Gasteiger charge is -2.25. The van der Waals surface area contributed by atoms with Crippen molar-refractivity contribution in [1.29, 1.82) is 10.5 Å². The first-order valence-electron chi connectivity index (χ1n) is 8.92. The smallest absolute Gasteiger partial charge is 0.329 e. The van der Waals surface area contributed by atoms with E-state index in [4.69, 9.17) is 5.11 Å². The number of carboxylic acids is 1. The molecule has 1 atom stereocenters. The van der Waals surface area contributed by atoms with Gasteiger partial charge >= 0.3 is 5.97 Å². The van der Waals surface area contributed by atoms with Gasteiger partial charge in [0.05, 0.1) is 0 Å². The van der Waals surface area contributed by atoms with Gasteiger partial charge in [-0.3, -0.25) is 4.79 Å². The maximum atomic E-state index is 12.3. The zero-order valence-electron chi connectivity index (χ0n) is 15.1. The summed E-state index contributed by atoms with van der Waals surface area (Å²) < 4.78 is 0. The molecule has 0 amide bonds. The van der Waals surface area contributed by atoms with E-state index in [1.165, 1.54) is 25.7 Å². The summed E-state index contributed by atoms with van der Waals surface area (Å²) in [7, 11) is 0. The summed E-state index contributed by atoms with van der Waals surface area (Å²) in [5, 5.41) is 27.5. The molecule has 134 valence electrons. The predicted octanol–water partition coefficient (Wildman–Crippen LogP) is 4.46. The first kappa shape index (κ1) is 20.6. The summed E-state index contributed by atoms with van der Waals surface area (Å²) in [6, 6.07) is 3.66. The number of aliphatic carboxylic acids is 1. The van der Waals surface area contributed by atoms with Crippen molar-refractivity contribution in [3.63, 3.8) is 0 Å². The van der Waals surface area contributed by atoms with Crippen LogP contribution in [0.25, 0.3) is 0 Å². The molecule has 1 aliphatic rings. The van der Waals surface area contributed by atoms with Gasteiger partial charge in [-0.25, -0.2) is 4.79 Å². The molecule has 0 aromatic rings. The molecule has 0 spiro atoms. The lowest BCUT2D eigenvalue weighted by molar-refractivity contribution is -0.131. The van der Waals surface area contributed by atoms with E-state index in [1.807, 2.05) is 19.1 Å². The van der Waals surface area contributed by atoms with Crippen LogP contribution in [0.1, 0.15) is 71.6 Å². The highest BCUT2D eigenvalue weighted by atomic mass is 16.4. The maximum Gasteiger partial charge on any atom is 0.329 e. The zero-order valence-corrected chi connectivity index (χ0v) is 15.1. The molecule has 1 saturated carbocycles. The highest BCUT2D eigenvalue weighted by molar-refractivity contribution is 6.08. The average molecular weight is 342 g/mol. The Hall–Kier alpha value is -2.40. The Morgan fingerprint density at radius 3 is 2.24 bits per heavy atom. The van der Waals surface area contributed by atoms with E-state index in [1.54, 1.807) is 0 Å². The third kappa shape index (κ3) is 5.57. The van der Waals surface area contributed by atoms with Crippen LogP contribution in [0.5, 0.6) is 0 Å². The minimum atomic E-state index is -1.24. The molecule has 1 fully saturated rings. The molecule has 25 heavy (non-hydrogen) atoms. The number of carbonyl (C=O) groups is 2. The molecule has 0 aromatic heterocycles. The Kier molecular flexibility index (Phi) is 8.08. The van der Waals surface area contributed by atoms with E-state index in [9.17, 15) is 20.1 Å². The van der Waals surface area contributed by atoms with Gasteiger partial charge in [0.15, 0.2) is 5.78 Å². The highest BCUT2D eigenvalue weighted by Gasteiger charge is 2.44. The van der Waals surface area contributed by atoms with Crippen molar-refractivity contribution in [1.82, 2.24) is 0 Å². The van der Waals surface area contributed by atoms with Crippen LogP contribution in [0.2, 0.25) is 0 Å². The van der Waals surface area contributed by atoms with Gasteiger partial charge in [-0.15, -0.1) is 0 Å². The minimum Gasteiger partial charge on any atom is -0.478 e. The Morgan fingerprint density at radius 1 is 1.16 bits per heavy atom. The summed E-state index contributed by atoms with van der Waals surface area (Å²) in [6.07, 6.45) is 9.60. The standard InChI is InChI=1S/C20H26N2O3/c1-3-4-5-6-7-8-9-10-20(2)12-17(23)16(11-18(24)25)19(20)15(13-21)14-22/h11H,3-10,12H2,1-2H3,(H,24,25)/b16-11+. The number of nitriles is 2. The molecule has 1 aliphatic carbocycles. The summed E-state index contributed by atoms with van der Waals surface area (Å²) in [5.74, 6) is -1.54. The normalized spacial score (nSPS) is 21.2. The molecular formula is C20H26N2O3. The number of unbranched alkanes of at least 4 members (excludes halogenated alkanes) is 6. The Balaban J connectivity index is 2.91. The second-order valence-electron chi connectivity index (χ2n) is 6.90. The van der Waals surface area contributed by atoms with Crippen molar-refractivity contribution < 1.29 is 14.7 Å². The van der Waals surface area contributed by atoms with Crippen molar-refractivity contribution >= 4 is 11.8 Å². The fraction of sp³-hybridized carbons (Fsp3) is 0.600. The van der Waals surface area contributed by atoms with Crippen LogP contribution in [0.3, 0.4) is 0 Å². The van der Waals surface area contributed by atoms with Crippen LogP contribution in [0, 0.1) is 28.1 Å². The number of carboxylic acid groups (broad SMARTS) is 1. The number of ketones is 1. The first-order valence-corrected chi connectivity index (χ1v) is 8.92. The summed E-state index contributed by atoms with van der Waals surface area (Å²) in [6.45, 7) is 4.03. The maximum absolute atomic E-state index is 12.3. The van der Waals surface area contributed by atoms with Crippen LogP contribution in [-0.4, -0.2) is 16.9 Å². The number of rotatable bonds is 9. The lowest BCUT2D eigenvalue weighted by atomic mass is 9.77. The van der Waals surface area contributed by atoms with E-state index < -0.39 is 11.4 Å². The van der Waals surface area contributed by atoms with Crippen molar-refractivity contribution in [2.75, 3.05) is 0 Å². The fourth-order valence-electron chi connectivity index (χ4n) is 3.54. The second-order valence-corrected chi connectivity index (χ2v) is 6.90. The van der Waals surface area contributed by atoms with Crippen LogP contribution in [0.15, 0.2) is 22.8 Å². The van der Waals surface area contributed by atoms with Crippen molar-refractivity contribution in [3.05, 3.63) is 22.8 Å². The molecular weight excluding hydrogens is 316 g/mol. The Bertz CT molecular complexity index is 645. The van der Waals surface area contributed by atoms with Crippen LogP contribution >= 0.6 is 0 Å². The zero-order chi connectivity index (χ0) is 18.9. The van der Waals surface area contributed by atoms with Gasteiger partial charge in [-0.2, -0.15) is 10.5 Å². The van der Waals surface area contributed by atoms with Crippen molar-refractivity contribution in [2.24, 2.45) is 5.41 Å². The fourth-order valence-corrected chi connectivity index (χ4v) is 3.54. The van der Waals surface area contributed by atoms with E-state index in [0.29, 0.717) is 12.0 Å². The predicted molar refractivity (Wildman–Crippen MR) is 94.3 cm³/mol. The van der Waals surface area contributed by atoms with Gasteiger partial charge in [0, 0.05) is 23.5 Å². The lowest BCUT2D eigenvalue weighted by Crippen LogP contribution is -2.16. The van der Waals surface area contributed by atoms with E-state index in [0.717, 1.165) is 25.3 Å². The first-order chi connectivity index (χ1) is 11.9. The van der Waals surface area contributed by atoms with Crippen LogP contribution < -0.4 is 0 Å². The van der Waals surface area contributed by atoms with E-state index >= 15 is 0 Å². The molecule has 0 saturated heterocycles. The number of allylic oxidation sites excluding steroid dienone is 3. The molecule has 5 heteroatoms. The number of carbonyl (C=O) groups excluding carboxylic acids is 1. The highest BCUT2D eigenvalue weighted by Crippen LogP contribution is 2.49. The molecule has 1 unspecified atom stereocenters. The Morgan fingerprint density at radius 2 is 1.72 bits per heavy atom. The molecule has 0 radical (unpaired) electrons. The third-order valence-corrected chi connectivity index (χ3v) is 4.80. The number of Topliss-reactive ketones (excluding diaryl/α,β-unsaturated/α-hetero) is 1. The molecule has 0 aliphatic heterocycles. The van der Waals surface area contributed by atoms with Gasteiger partial charge in [0.2, 0.25) is 0 Å². The SMILES string of the molecule is CCCCCCCCCC1(C)CC(=O)/C(=C\C(=O)O)C1=C(C#N)C#N. The monoisotopic (exact) mass is 342 g/mol. The second kappa shape index (κ2) is 9.79. The molecule has 5 nitrogen and oxygen atoms in total. The number of hydrogen-bond donors (Lipinski definition) is 1. The van der Waals surface area contributed by atoms with E-state index in [2.05, 4.69) is 6.92 Å². The molecule has 0 aromatic carbocycles. The third-order valence-electron chi connectivity index (χ3n) is 4.80. The van der Waals surface area contributed by atoms with Crippen LogP contribution in [0.4, 0.5) is 0 Å². The molecule has 1 rings (SSSR count). The number of hydrogen-bond acceptors (Lipinski definition) is 4. The van der Waals surface area contributed by atoms with Gasteiger partial charge in [0.1, 0.15) is 17.7 Å². The van der Waals surface area contributed by atoms with Crippen LogP contribution in [-0.2, 0) is 9.59 Å². The summed E-state index contributed by atoms with van der Waals surface area (Å²) >= 11 is 0.